The van der Waals surface area contributed by atoms with Crippen LogP contribution in [0.15, 0.2) is 29.8 Å². The molecule has 5 heteroatoms. The summed E-state index contributed by atoms with van der Waals surface area (Å²) in [4.78, 5) is 14.5. The fraction of sp³-hybridized carbons (Fsp3) is 0.438. The maximum atomic E-state index is 12.6. The molecule has 3 rings (SSSR count). The minimum atomic E-state index is 0. The van der Waals surface area contributed by atoms with Gasteiger partial charge in [0.1, 0.15) is 12.4 Å². The van der Waals surface area contributed by atoms with Crippen molar-refractivity contribution in [3.63, 3.8) is 0 Å². The van der Waals surface area contributed by atoms with Gasteiger partial charge in [-0.3, -0.25) is 4.79 Å². The molecular weight excluding hydrogens is 288 g/mol. The number of nitrogens with one attached hydrogen (secondary N) is 1. The maximum Gasteiger partial charge on any atom is 0.253 e. The fourth-order valence-electron chi connectivity index (χ4n) is 2.84. The Bertz CT molecular complexity index is 545. The molecule has 0 aliphatic carbocycles. The average molecular weight is 309 g/mol. The molecule has 0 aromatic heterocycles. The first-order valence-corrected chi connectivity index (χ1v) is 7.17. The Balaban J connectivity index is 0.00000161. The van der Waals surface area contributed by atoms with Crippen LogP contribution < -0.4 is 10.1 Å². The molecule has 0 radical (unpaired) electrons. The van der Waals surface area contributed by atoms with Crippen LogP contribution in [-0.2, 0) is 4.79 Å². The van der Waals surface area contributed by atoms with Crippen molar-refractivity contribution in [1.29, 1.82) is 0 Å². The van der Waals surface area contributed by atoms with E-state index in [4.69, 9.17) is 4.74 Å². The molecule has 0 bridgehead atoms. The lowest BCUT2D eigenvalue weighted by Crippen LogP contribution is -2.47. The lowest BCUT2D eigenvalue weighted by Gasteiger charge is -2.33. The number of fused-ring (bicyclic) bond motifs is 1. The normalized spacial score (nSPS) is 20.7. The van der Waals surface area contributed by atoms with Crippen molar-refractivity contribution in [2.75, 3.05) is 26.7 Å². The van der Waals surface area contributed by atoms with Gasteiger partial charge in [-0.2, -0.15) is 0 Å². The molecule has 0 saturated carbocycles. The zero-order valence-electron chi connectivity index (χ0n) is 12.2. The van der Waals surface area contributed by atoms with Crippen molar-refractivity contribution in [3.8, 4) is 5.75 Å². The predicted molar refractivity (Wildman–Crippen MR) is 85.8 cm³/mol. The van der Waals surface area contributed by atoms with Crippen molar-refractivity contribution >= 4 is 24.4 Å². The molecule has 114 valence electrons. The van der Waals surface area contributed by atoms with Gasteiger partial charge in [0.2, 0.25) is 0 Å². The van der Waals surface area contributed by atoms with E-state index in [1.54, 1.807) is 0 Å². The lowest BCUT2D eigenvalue weighted by atomic mass is 10.0. The number of halogens is 1. The highest BCUT2D eigenvalue weighted by molar-refractivity contribution is 5.99. The summed E-state index contributed by atoms with van der Waals surface area (Å²) >= 11 is 0. The Hall–Kier alpha value is -1.52. The van der Waals surface area contributed by atoms with Gasteiger partial charge in [-0.05, 0) is 32.0 Å². The number of rotatable bonds is 2. The van der Waals surface area contributed by atoms with Gasteiger partial charge in [0.15, 0.2) is 0 Å². The average Bonchev–Trinajstić information content (AvgIpc) is 2.53. The van der Waals surface area contributed by atoms with Crippen LogP contribution in [0.4, 0.5) is 0 Å². The zero-order valence-corrected chi connectivity index (χ0v) is 13.0. The van der Waals surface area contributed by atoms with Gasteiger partial charge in [0, 0.05) is 24.7 Å². The van der Waals surface area contributed by atoms with Gasteiger partial charge in [-0.1, -0.05) is 18.2 Å². The van der Waals surface area contributed by atoms with Crippen LogP contribution in [0.2, 0.25) is 0 Å². The molecule has 1 amide bonds. The van der Waals surface area contributed by atoms with Crippen molar-refractivity contribution in [3.05, 3.63) is 35.4 Å². The highest BCUT2D eigenvalue weighted by atomic mass is 35.5. The summed E-state index contributed by atoms with van der Waals surface area (Å²) in [6.45, 7) is 2.00. The number of likely N-dealkylation sites (N-methyl/N-ethyl adjacent to an activating group) is 1. The number of likely N-dealkylation sites (tertiary alicyclic amines) is 1. The Kier molecular flexibility index (Phi) is 5.26. The second kappa shape index (κ2) is 6.96. The van der Waals surface area contributed by atoms with Crippen LogP contribution in [-0.4, -0.2) is 43.6 Å². The SMILES string of the molecule is CNC1CCCN(C(=O)C2=Cc3ccccc3OC2)C1.Cl. The number of hydrogen-bond donors (Lipinski definition) is 1. The van der Waals surface area contributed by atoms with E-state index in [0.29, 0.717) is 12.6 Å². The second-order valence-electron chi connectivity index (χ2n) is 5.38. The van der Waals surface area contributed by atoms with E-state index in [0.717, 1.165) is 42.8 Å². The number of carbonyl (C=O) groups is 1. The first-order chi connectivity index (χ1) is 9.78. The third-order valence-corrected chi connectivity index (χ3v) is 4.02. The third kappa shape index (κ3) is 3.39. The van der Waals surface area contributed by atoms with E-state index in [2.05, 4.69) is 5.32 Å². The number of para-hydroxylation sites is 1. The van der Waals surface area contributed by atoms with Crippen LogP contribution in [0.5, 0.6) is 5.75 Å². The van der Waals surface area contributed by atoms with Crippen molar-refractivity contribution in [2.24, 2.45) is 0 Å². The van der Waals surface area contributed by atoms with Crippen molar-refractivity contribution in [2.45, 2.75) is 18.9 Å². The smallest absolute Gasteiger partial charge is 0.253 e. The molecule has 21 heavy (non-hydrogen) atoms. The van der Waals surface area contributed by atoms with E-state index >= 15 is 0 Å². The predicted octanol–water partition coefficient (Wildman–Crippen LogP) is 2.09. The summed E-state index contributed by atoms with van der Waals surface area (Å²) in [7, 11) is 1.96. The van der Waals surface area contributed by atoms with Crippen LogP contribution >= 0.6 is 12.4 Å². The Morgan fingerprint density at radius 1 is 1.38 bits per heavy atom. The van der Waals surface area contributed by atoms with Gasteiger partial charge < -0.3 is 15.0 Å². The number of hydrogen-bond acceptors (Lipinski definition) is 3. The van der Waals surface area contributed by atoms with Crippen LogP contribution in [0.25, 0.3) is 6.08 Å². The van der Waals surface area contributed by atoms with E-state index in [1.165, 1.54) is 0 Å². The number of amides is 1. The highest BCUT2D eigenvalue weighted by Crippen LogP contribution is 2.27. The van der Waals surface area contributed by atoms with Gasteiger partial charge in [0.25, 0.3) is 5.91 Å². The van der Waals surface area contributed by atoms with Gasteiger partial charge >= 0.3 is 0 Å². The first kappa shape index (κ1) is 15.9. The fourth-order valence-corrected chi connectivity index (χ4v) is 2.84. The molecule has 4 nitrogen and oxygen atoms in total. The third-order valence-electron chi connectivity index (χ3n) is 4.02. The summed E-state index contributed by atoms with van der Waals surface area (Å²) in [5.74, 6) is 0.968. The Labute approximate surface area is 131 Å². The molecule has 0 spiro atoms. The van der Waals surface area contributed by atoms with Crippen molar-refractivity contribution < 1.29 is 9.53 Å². The standard InChI is InChI=1S/C16H20N2O2.ClH/c1-17-14-6-4-8-18(10-14)16(19)13-9-12-5-2-3-7-15(12)20-11-13;/h2-3,5,7,9,14,17H,4,6,8,10-11H2,1H3;1H. The van der Waals surface area contributed by atoms with E-state index in [9.17, 15) is 4.79 Å². The monoisotopic (exact) mass is 308 g/mol. The summed E-state index contributed by atoms with van der Waals surface area (Å²) in [6.07, 6.45) is 4.16. The molecule has 1 aromatic rings. The van der Waals surface area contributed by atoms with Crippen LogP contribution in [0, 0.1) is 0 Å². The van der Waals surface area contributed by atoms with Gasteiger partial charge in [0.05, 0.1) is 5.57 Å². The van der Waals surface area contributed by atoms with Gasteiger partial charge in [-0.15, -0.1) is 12.4 Å². The molecule has 1 unspecified atom stereocenters. The zero-order chi connectivity index (χ0) is 13.9. The van der Waals surface area contributed by atoms with Crippen LogP contribution in [0.1, 0.15) is 18.4 Å². The molecule has 2 aliphatic rings. The molecule has 1 N–H and O–H groups in total. The quantitative estimate of drug-likeness (QED) is 0.909. The highest BCUT2D eigenvalue weighted by Gasteiger charge is 2.26. The number of piperidine rings is 1. The molecule has 1 aromatic carbocycles. The van der Waals surface area contributed by atoms with E-state index < -0.39 is 0 Å². The minimum absolute atomic E-state index is 0. The molecular formula is C16H21ClN2O2. The number of carbonyl (C=O) groups excluding carboxylic acids is 1. The summed E-state index contributed by atoms with van der Waals surface area (Å²) in [5.41, 5.74) is 1.74. The second-order valence-corrected chi connectivity index (χ2v) is 5.38. The molecule has 1 saturated heterocycles. The molecule has 2 aliphatic heterocycles. The molecule has 1 atom stereocenters. The largest absolute Gasteiger partial charge is 0.488 e. The van der Waals surface area contributed by atoms with E-state index in [-0.39, 0.29) is 18.3 Å². The number of ether oxygens (including phenoxy) is 1. The van der Waals surface area contributed by atoms with Gasteiger partial charge in [-0.25, -0.2) is 0 Å². The first-order valence-electron chi connectivity index (χ1n) is 7.17. The minimum Gasteiger partial charge on any atom is -0.488 e. The molecule has 1 fully saturated rings. The van der Waals surface area contributed by atoms with Crippen LogP contribution in [0.3, 0.4) is 0 Å². The topological polar surface area (TPSA) is 41.6 Å². The summed E-state index contributed by atoms with van der Waals surface area (Å²) in [6, 6.07) is 8.23. The number of nitrogens with zero attached hydrogens (tertiary/aromatic N) is 1. The molecule has 2 heterocycles. The van der Waals surface area contributed by atoms with Crippen molar-refractivity contribution in [1.82, 2.24) is 10.2 Å². The Morgan fingerprint density at radius 2 is 2.19 bits per heavy atom. The number of benzene rings is 1. The Morgan fingerprint density at radius 3 is 3.00 bits per heavy atom. The summed E-state index contributed by atoms with van der Waals surface area (Å²) < 4.78 is 5.67. The van der Waals surface area contributed by atoms with E-state index in [1.807, 2.05) is 42.3 Å². The maximum absolute atomic E-state index is 12.6. The lowest BCUT2D eigenvalue weighted by molar-refractivity contribution is -0.128. The summed E-state index contributed by atoms with van der Waals surface area (Å²) in [5, 5.41) is 3.26.